The summed E-state index contributed by atoms with van der Waals surface area (Å²) in [6.07, 6.45) is 1.72. The lowest BCUT2D eigenvalue weighted by molar-refractivity contribution is -0.131. The van der Waals surface area contributed by atoms with E-state index in [1.165, 1.54) is 6.92 Å². The van der Waals surface area contributed by atoms with Crippen LogP contribution in [-0.4, -0.2) is 28.3 Å². The first-order valence-electron chi connectivity index (χ1n) is 5.70. The molecule has 0 spiro atoms. The molecular weight excluding hydrogens is 296 g/mol. The predicted molar refractivity (Wildman–Crippen MR) is 81.8 cm³/mol. The van der Waals surface area contributed by atoms with Gasteiger partial charge in [-0.15, -0.1) is 0 Å². The first-order valence-corrected chi connectivity index (χ1v) is 6.93. The zero-order chi connectivity index (χ0) is 14.7. The minimum atomic E-state index is -0.341. The van der Waals surface area contributed by atoms with Gasteiger partial charge in [-0.25, -0.2) is 0 Å². The maximum atomic E-state index is 12.1. The zero-order valence-electron chi connectivity index (χ0n) is 10.9. The number of amides is 2. The van der Waals surface area contributed by atoms with Gasteiger partial charge in [0.25, 0.3) is 5.91 Å². The normalized spacial score (nSPS) is 16.7. The van der Waals surface area contributed by atoms with Crippen molar-refractivity contribution in [3.63, 3.8) is 0 Å². The fourth-order valence-corrected chi connectivity index (χ4v) is 2.75. The number of nitrogens with zero attached hydrogens (tertiary/aromatic N) is 1. The van der Waals surface area contributed by atoms with Crippen LogP contribution in [0.25, 0.3) is 6.08 Å². The van der Waals surface area contributed by atoms with E-state index in [2.05, 4.69) is 5.43 Å². The van der Waals surface area contributed by atoms with Gasteiger partial charge in [0.1, 0.15) is 5.75 Å². The summed E-state index contributed by atoms with van der Waals surface area (Å²) in [7, 11) is 1.59. The van der Waals surface area contributed by atoms with Crippen molar-refractivity contribution in [3.05, 3.63) is 34.7 Å². The number of hydrogen-bond acceptors (Lipinski definition) is 5. The summed E-state index contributed by atoms with van der Waals surface area (Å²) in [5, 5.41) is 1.08. The van der Waals surface area contributed by atoms with E-state index in [0.29, 0.717) is 9.23 Å². The Balaban J connectivity index is 2.20. The van der Waals surface area contributed by atoms with Crippen molar-refractivity contribution in [2.75, 3.05) is 7.11 Å². The molecule has 0 saturated carbocycles. The van der Waals surface area contributed by atoms with Crippen LogP contribution in [0.4, 0.5) is 0 Å². The molecule has 0 bridgehead atoms. The van der Waals surface area contributed by atoms with Gasteiger partial charge >= 0.3 is 0 Å². The van der Waals surface area contributed by atoms with Crippen LogP contribution in [0, 0.1) is 0 Å². The summed E-state index contributed by atoms with van der Waals surface area (Å²) in [6.45, 7) is 1.33. The highest BCUT2D eigenvalue weighted by Gasteiger charge is 2.32. The number of hydrogen-bond donors (Lipinski definition) is 1. The SMILES string of the molecule is COc1ccc(/C=C2/SC(=S)N(NC(C)=O)C2=O)cc1. The van der Waals surface area contributed by atoms with Crippen molar-refractivity contribution in [1.29, 1.82) is 0 Å². The molecule has 5 nitrogen and oxygen atoms in total. The molecule has 1 heterocycles. The molecule has 7 heteroatoms. The number of thiocarbonyl (C=S) groups is 1. The van der Waals surface area contributed by atoms with Crippen molar-refractivity contribution in [1.82, 2.24) is 10.4 Å². The molecule has 1 saturated heterocycles. The quantitative estimate of drug-likeness (QED) is 0.683. The molecule has 20 heavy (non-hydrogen) atoms. The number of carbonyl (C=O) groups excluding carboxylic acids is 2. The van der Waals surface area contributed by atoms with E-state index in [-0.39, 0.29) is 11.8 Å². The van der Waals surface area contributed by atoms with Crippen LogP contribution in [-0.2, 0) is 9.59 Å². The van der Waals surface area contributed by atoms with Crippen LogP contribution < -0.4 is 10.2 Å². The van der Waals surface area contributed by atoms with Crippen molar-refractivity contribution in [2.24, 2.45) is 0 Å². The van der Waals surface area contributed by atoms with Gasteiger partial charge in [0.05, 0.1) is 12.0 Å². The molecular formula is C13H12N2O3S2. The van der Waals surface area contributed by atoms with Gasteiger partial charge in [-0.3, -0.25) is 15.0 Å². The van der Waals surface area contributed by atoms with E-state index in [4.69, 9.17) is 17.0 Å². The van der Waals surface area contributed by atoms with Gasteiger partial charge in [0.2, 0.25) is 5.91 Å². The Morgan fingerprint density at radius 1 is 1.40 bits per heavy atom. The summed E-state index contributed by atoms with van der Waals surface area (Å²) in [6, 6.07) is 7.29. The second-order valence-electron chi connectivity index (χ2n) is 3.96. The Bertz CT molecular complexity index is 596. The number of nitrogens with one attached hydrogen (secondary N) is 1. The molecule has 0 aromatic heterocycles. The molecule has 1 aromatic carbocycles. The molecule has 2 rings (SSSR count). The van der Waals surface area contributed by atoms with E-state index < -0.39 is 0 Å². The second-order valence-corrected chi connectivity index (χ2v) is 5.63. The van der Waals surface area contributed by atoms with Crippen LogP contribution in [0.2, 0.25) is 0 Å². The molecule has 0 unspecified atom stereocenters. The number of thioether (sulfide) groups is 1. The number of carbonyl (C=O) groups is 2. The zero-order valence-corrected chi connectivity index (χ0v) is 12.5. The lowest BCUT2D eigenvalue weighted by atomic mass is 10.2. The number of methoxy groups -OCH3 is 1. The fraction of sp³-hybridized carbons (Fsp3) is 0.154. The second kappa shape index (κ2) is 6.06. The average molecular weight is 308 g/mol. The maximum Gasteiger partial charge on any atom is 0.285 e. The van der Waals surface area contributed by atoms with E-state index >= 15 is 0 Å². The summed E-state index contributed by atoms with van der Waals surface area (Å²) in [5.41, 5.74) is 3.25. The Morgan fingerprint density at radius 3 is 2.60 bits per heavy atom. The van der Waals surface area contributed by atoms with Crippen LogP contribution in [0.5, 0.6) is 5.75 Å². The summed E-state index contributed by atoms with van der Waals surface area (Å²) in [4.78, 5) is 23.6. The van der Waals surface area contributed by atoms with Crippen molar-refractivity contribution >= 4 is 46.2 Å². The van der Waals surface area contributed by atoms with Crippen LogP contribution in [0.1, 0.15) is 12.5 Å². The Labute approximate surface area is 125 Å². The van der Waals surface area contributed by atoms with E-state index in [1.807, 2.05) is 12.1 Å². The molecule has 0 aliphatic carbocycles. The third-order valence-electron chi connectivity index (χ3n) is 2.48. The number of benzene rings is 1. The largest absolute Gasteiger partial charge is 0.497 e. The molecule has 1 aromatic rings. The summed E-state index contributed by atoms with van der Waals surface area (Å²) < 4.78 is 5.38. The fourth-order valence-electron chi connectivity index (χ4n) is 1.57. The first kappa shape index (κ1) is 14.5. The lowest BCUT2D eigenvalue weighted by Crippen LogP contribution is -2.43. The molecule has 2 amide bonds. The van der Waals surface area contributed by atoms with E-state index in [0.717, 1.165) is 28.1 Å². The van der Waals surface area contributed by atoms with Gasteiger partial charge in [0, 0.05) is 6.92 Å². The molecule has 1 aliphatic heterocycles. The standard InChI is InChI=1S/C13H12N2O3S2/c1-8(16)14-15-12(17)11(20-13(15)19)7-9-3-5-10(18-2)6-4-9/h3-7H,1-2H3,(H,14,16)/b11-7+. The van der Waals surface area contributed by atoms with Gasteiger partial charge in [0.15, 0.2) is 4.32 Å². The molecule has 104 valence electrons. The Kier molecular flexibility index (Phi) is 4.41. The monoisotopic (exact) mass is 308 g/mol. The minimum absolute atomic E-state index is 0.310. The topological polar surface area (TPSA) is 58.6 Å². The molecule has 1 N–H and O–H groups in total. The molecule has 0 atom stereocenters. The highest BCUT2D eigenvalue weighted by molar-refractivity contribution is 8.26. The predicted octanol–water partition coefficient (Wildman–Crippen LogP) is 1.95. The third-order valence-corrected chi connectivity index (χ3v) is 3.78. The number of hydrazine groups is 1. The Hall–Kier alpha value is -1.86. The number of rotatable bonds is 3. The van der Waals surface area contributed by atoms with Crippen LogP contribution in [0.15, 0.2) is 29.2 Å². The molecule has 0 radical (unpaired) electrons. The van der Waals surface area contributed by atoms with Gasteiger partial charge in [-0.1, -0.05) is 23.9 Å². The number of ether oxygens (including phenoxy) is 1. The lowest BCUT2D eigenvalue weighted by Gasteiger charge is -2.13. The van der Waals surface area contributed by atoms with Crippen LogP contribution in [0.3, 0.4) is 0 Å². The average Bonchev–Trinajstić information content (AvgIpc) is 2.67. The van der Waals surface area contributed by atoms with Crippen molar-refractivity contribution in [2.45, 2.75) is 6.92 Å². The van der Waals surface area contributed by atoms with Crippen molar-refractivity contribution < 1.29 is 14.3 Å². The summed E-state index contributed by atoms with van der Waals surface area (Å²) in [5.74, 6) is 0.0750. The minimum Gasteiger partial charge on any atom is -0.497 e. The molecule has 1 aliphatic rings. The Morgan fingerprint density at radius 2 is 2.05 bits per heavy atom. The van der Waals surface area contributed by atoms with Gasteiger partial charge in [-0.2, -0.15) is 5.01 Å². The molecule has 1 fully saturated rings. The highest BCUT2D eigenvalue weighted by Crippen LogP contribution is 2.31. The first-order chi connectivity index (χ1) is 9.51. The smallest absolute Gasteiger partial charge is 0.285 e. The summed E-state index contributed by atoms with van der Waals surface area (Å²) >= 11 is 6.21. The van der Waals surface area contributed by atoms with Crippen LogP contribution >= 0.6 is 24.0 Å². The van der Waals surface area contributed by atoms with Gasteiger partial charge in [-0.05, 0) is 36.0 Å². The third kappa shape index (κ3) is 3.17. The van der Waals surface area contributed by atoms with E-state index in [9.17, 15) is 9.59 Å². The van der Waals surface area contributed by atoms with Crippen molar-refractivity contribution in [3.8, 4) is 5.75 Å². The maximum absolute atomic E-state index is 12.1. The highest BCUT2D eigenvalue weighted by atomic mass is 32.2. The van der Waals surface area contributed by atoms with Gasteiger partial charge < -0.3 is 4.74 Å². The van der Waals surface area contributed by atoms with E-state index in [1.54, 1.807) is 25.3 Å².